The Kier molecular flexibility index (Phi) is 5.24. The molecule has 1 atom stereocenters. The van der Waals surface area contributed by atoms with Crippen LogP contribution >= 0.6 is 11.6 Å². The molecule has 6 nitrogen and oxygen atoms in total. The summed E-state index contributed by atoms with van der Waals surface area (Å²) in [6.07, 6.45) is -2.41. The number of hydrogen-bond donors (Lipinski definition) is 0. The van der Waals surface area contributed by atoms with Gasteiger partial charge >= 0.3 is 6.18 Å². The number of nitrogens with zero attached hydrogens (tertiary/aromatic N) is 4. The minimum atomic E-state index is -4.74. The van der Waals surface area contributed by atoms with Gasteiger partial charge < -0.3 is 14.0 Å². The molecule has 0 radical (unpaired) electrons. The van der Waals surface area contributed by atoms with Crippen molar-refractivity contribution in [3.8, 4) is 5.88 Å². The van der Waals surface area contributed by atoms with E-state index in [-0.39, 0.29) is 12.1 Å². The maximum absolute atomic E-state index is 14.4. The summed E-state index contributed by atoms with van der Waals surface area (Å²) >= 11 is 5.53. The molecule has 31 heavy (non-hydrogen) atoms. The lowest BCUT2D eigenvalue weighted by Gasteiger charge is -2.38. The van der Waals surface area contributed by atoms with Gasteiger partial charge in [-0.15, -0.1) is 0 Å². The van der Waals surface area contributed by atoms with E-state index in [4.69, 9.17) is 16.3 Å². The molecular weight excluding hydrogens is 447 g/mol. The quantitative estimate of drug-likeness (QED) is 0.431. The molecule has 0 spiro atoms. The van der Waals surface area contributed by atoms with Crippen LogP contribution in [0.2, 0.25) is 5.15 Å². The molecule has 12 heteroatoms. The lowest BCUT2D eigenvalue weighted by Crippen LogP contribution is -2.55. The van der Waals surface area contributed by atoms with Crippen LogP contribution in [0.3, 0.4) is 0 Å². The van der Waals surface area contributed by atoms with Crippen LogP contribution in [0.1, 0.15) is 22.3 Å². The van der Waals surface area contributed by atoms with Gasteiger partial charge in [-0.05, 0) is 18.2 Å². The average Bonchev–Trinajstić information content (AvgIpc) is 3.17. The van der Waals surface area contributed by atoms with Crippen LogP contribution in [0.5, 0.6) is 5.88 Å². The summed E-state index contributed by atoms with van der Waals surface area (Å²) < 4.78 is 74.1. The number of carbonyl (C=O) groups is 1. The average molecular weight is 461 g/mol. The number of fused-ring (bicyclic) bond motifs is 1. The molecule has 0 bridgehead atoms. The number of piperidine rings is 1. The molecule has 4 rings (SSSR count). The van der Waals surface area contributed by atoms with Gasteiger partial charge in [-0.2, -0.15) is 13.2 Å². The smallest absolute Gasteiger partial charge is 0.419 e. The van der Waals surface area contributed by atoms with Gasteiger partial charge in [-0.3, -0.25) is 4.79 Å². The fourth-order valence-electron chi connectivity index (χ4n) is 3.30. The van der Waals surface area contributed by atoms with Crippen molar-refractivity contribution in [1.29, 1.82) is 0 Å². The number of pyridine rings is 2. The number of carbonyl (C=O) groups excluding carboxylic acids is 1. The number of rotatable bonds is 3. The van der Waals surface area contributed by atoms with Gasteiger partial charge in [-0.1, -0.05) is 11.6 Å². The molecule has 3 aromatic rings. The Morgan fingerprint density at radius 1 is 1.23 bits per heavy atom. The maximum atomic E-state index is 14.4. The van der Waals surface area contributed by atoms with Gasteiger partial charge in [0.1, 0.15) is 10.8 Å². The second-order valence-corrected chi connectivity index (χ2v) is 7.29. The van der Waals surface area contributed by atoms with Crippen LogP contribution in [0, 0.1) is 0 Å². The van der Waals surface area contributed by atoms with Crippen LogP contribution in [0.25, 0.3) is 5.65 Å². The third-order valence-electron chi connectivity index (χ3n) is 4.90. The zero-order chi connectivity index (χ0) is 22.4. The summed E-state index contributed by atoms with van der Waals surface area (Å²) in [5.74, 6) is -4.33. The van der Waals surface area contributed by atoms with Gasteiger partial charge in [0.2, 0.25) is 5.88 Å². The Morgan fingerprint density at radius 3 is 2.71 bits per heavy atom. The Labute approximate surface area is 177 Å². The van der Waals surface area contributed by atoms with Crippen molar-refractivity contribution in [2.24, 2.45) is 0 Å². The molecule has 0 saturated carbocycles. The number of halogens is 6. The van der Waals surface area contributed by atoms with Crippen LogP contribution < -0.4 is 4.74 Å². The molecule has 0 aromatic carbocycles. The minimum absolute atomic E-state index is 0.228. The van der Waals surface area contributed by atoms with Crippen LogP contribution in [-0.4, -0.2) is 50.3 Å². The first-order valence-corrected chi connectivity index (χ1v) is 9.43. The Balaban J connectivity index is 1.56. The lowest BCUT2D eigenvalue weighted by molar-refractivity contribution is -0.138. The monoisotopic (exact) mass is 460 g/mol. The van der Waals surface area contributed by atoms with E-state index in [0.717, 1.165) is 6.07 Å². The Hall–Kier alpha value is -2.95. The van der Waals surface area contributed by atoms with Gasteiger partial charge in [0.25, 0.3) is 11.8 Å². The molecule has 4 heterocycles. The van der Waals surface area contributed by atoms with Gasteiger partial charge in [0, 0.05) is 37.6 Å². The normalized spacial score (nSPS) is 18.9. The summed E-state index contributed by atoms with van der Waals surface area (Å²) in [4.78, 5) is 21.7. The van der Waals surface area contributed by atoms with E-state index in [9.17, 15) is 26.7 Å². The molecule has 1 aliphatic heterocycles. The zero-order valence-electron chi connectivity index (χ0n) is 15.6. The zero-order valence-corrected chi connectivity index (χ0v) is 16.4. The molecule has 1 aliphatic rings. The molecule has 0 aliphatic carbocycles. The first-order chi connectivity index (χ1) is 14.6. The number of likely N-dealkylation sites (tertiary alicyclic amines) is 1. The largest absolute Gasteiger partial charge is 0.466 e. The molecule has 3 aromatic heterocycles. The first kappa shape index (κ1) is 21.3. The summed E-state index contributed by atoms with van der Waals surface area (Å²) in [5.41, 5.74) is -0.604. The molecule has 0 N–H and O–H groups in total. The molecular formula is C19H14ClF5N4O2. The third-order valence-corrected chi connectivity index (χ3v) is 5.19. The highest BCUT2D eigenvalue weighted by Crippen LogP contribution is 2.36. The van der Waals surface area contributed by atoms with Crippen molar-refractivity contribution in [1.82, 2.24) is 19.3 Å². The van der Waals surface area contributed by atoms with E-state index in [2.05, 4.69) is 9.97 Å². The molecule has 1 saturated heterocycles. The second kappa shape index (κ2) is 7.63. The van der Waals surface area contributed by atoms with Gasteiger partial charge in [0.05, 0.1) is 17.7 Å². The number of hydrogen-bond acceptors (Lipinski definition) is 4. The van der Waals surface area contributed by atoms with E-state index >= 15 is 0 Å². The van der Waals surface area contributed by atoms with Crippen molar-refractivity contribution in [3.63, 3.8) is 0 Å². The standard InChI is InChI=1S/C19H14ClF5N4O2/c20-15-12(19(23,24)25)3-4-14(27-15)31-13-10-29(8-5-18(13,21)22)17(30)11-2-1-7-28-9-6-26-16(11)28/h1-4,6-7,9,13H,5,8,10H2/t13-/m0/s1. The number of amides is 1. The highest BCUT2D eigenvalue weighted by molar-refractivity contribution is 6.30. The van der Waals surface area contributed by atoms with E-state index in [0.29, 0.717) is 11.7 Å². The predicted octanol–water partition coefficient (Wildman–Crippen LogP) is 4.33. The maximum Gasteiger partial charge on any atom is 0.419 e. The SMILES string of the molecule is O=C(c1cccn2ccnc12)N1CCC(F)(F)[C@@H](Oc2ccc(C(F)(F)F)c(Cl)n2)C1. The highest BCUT2D eigenvalue weighted by atomic mass is 35.5. The van der Waals surface area contributed by atoms with E-state index in [1.807, 2.05) is 0 Å². The fraction of sp³-hybridized carbons (Fsp3) is 0.316. The van der Waals surface area contributed by atoms with Crippen molar-refractivity contribution in [3.05, 3.63) is 59.1 Å². The topological polar surface area (TPSA) is 59.7 Å². The highest BCUT2D eigenvalue weighted by Gasteiger charge is 2.47. The van der Waals surface area contributed by atoms with Crippen molar-refractivity contribution >= 4 is 23.2 Å². The summed E-state index contributed by atoms with van der Waals surface area (Å²) in [6.45, 7) is -0.720. The summed E-state index contributed by atoms with van der Waals surface area (Å²) in [7, 11) is 0. The van der Waals surface area contributed by atoms with Crippen LogP contribution in [-0.2, 0) is 6.18 Å². The van der Waals surface area contributed by atoms with E-state index in [1.165, 1.54) is 17.2 Å². The number of aromatic nitrogens is 3. The predicted molar refractivity (Wildman–Crippen MR) is 99.3 cm³/mol. The molecule has 0 unspecified atom stereocenters. The minimum Gasteiger partial charge on any atom is -0.466 e. The lowest BCUT2D eigenvalue weighted by atomic mass is 10.0. The molecule has 1 fully saturated rings. The van der Waals surface area contributed by atoms with Crippen LogP contribution in [0.4, 0.5) is 22.0 Å². The summed E-state index contributed by atoms with van der Waals surface area (Å²) in [6, 6.07) is 4.58. The number of alkyl halides is 5. The Morgan fingerprint density at radius 2 is 2.00 bits per heavy atom. The fourth-order valence-corrected chi connectivity index (χ4v) is 3.56. The van der Waals surface area contributed by atoms with Crippen LogP contribution in [0.15, 0.2) is 42.9 Å². The molecule has 1 amide bonds. The number of imidazole rings is 1. The van der Waals surface area contributed by atoms with Crippen molar-refractivity contribution < 1.29 is 31.5 Å². The van der Waals surface area contributed by atoms with Gasteiger partial charge in [0.15, 0.2) is 6.10 Å². The van der Waals surface area contributed by atoms with Gasteiger partial charge in [-0.25, -0.2) is 18.7 Å². The van der Waals surface area contributed by atoms with Crippen molar-refractivity contribution in [2.75, 3.05) is 13.1 Å². The van der Waals surface area contributed by atoms with Crippen molar-refractivity contribution in [2.45, 2.75) is 24.6 Å². The van der Waals surface area contributed by atoms with E-state index in [1.54, 1.807) is 22.9 Å². The third kappa shape index (κ3) is 4.14. The number of ether oxygens (including phenoxy) is 1. The summed E-state index contributed by atoms with van der Waals surface area (Å²) in [5, 5.41) is -0.914. The second-order valence-electron chi connectivity index (χ2n) is 6.93. The van der Waals surface area contributed by atoms with E-state index < -0.39 is 53.7 Å². The molecule has 164 valence electrons. The Bertz CT molecular complexity index is 1130. The first-order valence-electron chi connectivity index (χ1n) is 9.05.